The van der Waals surface area contributed by atoms with Crippen LogP contribution in [-0.2, 0) is 14.3 Å². The van der Waals surface area contributed by atoms with Crippen LogP contribution in [0.4, 0.5) is 0 Å². The van der Waals surface area contributed by atoms with Crippen LogP contribution < -0.4 is 4.74 Å². The molecule has 0 bridgehead atoms. The van der Waals surface area contributed by atoms with E-state index >= 15 is 0 Å². The van der Waals surface area contributed by atoms with Crippen LogP contribution in [0.2, 0.25) is 0 Å². The second-order valence-electron chi connectivity index (χ2n) is 5.35. The lowest BCUT2D eigenvalue weighted by atomic mass is 10.1. The summed E-state index contributed by atoms with van der Waals surface area (Å²) in [5.74, 6) is 0.277. The van der Waals surface area contributed by atoms with Crippen molar-refractivity contribution in [3.63, 3.8) is 0 Å². The number of esters is 1. The van der Waals surface area contributed by atoms with Crippen molar-refractivity contribution in [3.05, 3.63) is 28.8 Å². The van der Waals surface area contributed by atoms with Crippen LogP contribution in [0.3, 0.4) is 0 Å². The molecule has 0 aliphatic carbocycles. The number of hydrogen-bond acceptors (Lipinski definition) is 4. The summed E-state index contributed by atoms with van der Waals surface area (Å²) >= 11 is 0. The van der Waals surface area contributed by atoms with E-state index in [1.807, 2.05) is 32.9 Å². The minimum Gasteiger partial charge on any atom is -0.424 e. The summed E-state index contributed by atoms with van der Waals surface area (Å²) in [5.41, 5.74) is 3.10. The number of carbonyl (C=O) groups is 1. The summed E-state index contributed by atoms with van der Waals surface area (Å²) in [5, 5.41) is 0. The Labute approximate surface area is 120 Å². The van der Waals surface area contributed by atoms with Gasteiger partial charge in [-0.25, -0.2) is 4.79 Å². The topological polar surface area (TPSA) is 44.8 Å². The van der Waals surface area contributed by atoms with E-state index in [9.17, 15) is 4.79 Å². The molecule has 1 atom stereocenters. The molecule has 1 aliphatic heterocycles. The molecular weight excluding hydrogens is 256 g/mol. The third kappa shape index (κ3) is 4.05. The fourth-order valence-corrected chi connectivity index (χ4v) is 2.52. The molecular formula is C16H22O4. The molecule has 4 nitrogen and oxygen atoms in total. The van der Waals surface area contributed by atoms with Crippen molar-refractivity contribution in [1.29, 1.82) is 0 Å². The maximum Gasteiger partial charge on any atom is 0.337 e. The fraction of sp³-hybridized carbons (Fsp3) is 0.562. The highest BCUT2D eigenvalue weighted by atomic mass is 16.6. The summed E-state index contributed by atoms with van der Waals surface area (Å²) in [6.45, 7) is 7.12. The zero-order chi connectivity index (χ0) is 14.5. The molecule has 4 heteroatoms. The van der Waals surface area contributed by atoms with Gasteiger partial charge in [0.15, 0.2) is 0 Å². The first kappa shape index (κ1) is 15.0. The Bertz CT molecular complexity index is 452. The molecule has 1 aromatic rings. The Morgan fingerprint density at radius 2 is 2.00 bits per heavy atom. The van der Waals surface area contributed by atoms with Gasteiger partial charge in [0.05, 0.1) is 12.7 Å². The monoisotopic (exact) mass is 278 g/mol. The van der Waals surface area contributed by atoms with Crippen molar-refractivity contribution in [1.82, 2.24) is 0 Å². The SMILES string of the molecule is Cc1cc(C)c(OC(=O)COCC2CCCO2)c(C)c1. The Hall–Kier alpha value is -1.39. The number of aryl methyl sites for hydroxylation is 3. The highest BCUT2D eigenvalue weighted by Crippen LogP contribution is 2.24. The maximum absolute atomic E-state index is 11.8. The minimum atomic E-state index is -0.363. The minimum absolute atomic E-state index is 0.0351. The largest absolute Gasteiger partial charge is 0.424 e. The van der Waals surface area contributed by atoms with E-state index in [4.69, 9.17) is 14.2 Å². The molecule has 2 rings (SSSR count). The van der Waals surface area contributed by atoms with E-state index in [2.05, 4.69) is 0 Å². The highest BCUT2D eigenvalue weighted by molar-refractivity contribution is 5.74. The van der Waals surface area contributed by atoms with E-state index in [1.165, 1.54) is 0 Å². The first-order valence-corrected chi connectivity index (χ1v) is 7.04. The summed E-state index contributed by atoms with van der Waals surface area (Å²) in [7, 11) is 0. The molecule has 0 amide bonds. The zero-order valence-electron chi connectivity index (χ0n) is 12.4. The van der Waals surface area contributed by atoms with Gasteiger partial charge in [-0.1, -0.05) is 17.7 Å². The molecule has 1 heterocycles. The summed E-state index contributed by atoms with van der Waals surface area (Å²) < 4.78 is 16.2. The quantitative estimate of drug-likeness (QED) is 0.613. The predicted molar refractivity (Wildman–Crippen MR) is 76.1 cm³/mol. The van der Waals surface area contributed by atoms with Crippen molar-refractivity contribution in [3.8, 4) is 5.75 Å². The van der Waals surface area contributed by atoms with Crippen molar-refractivity contribution >= 4 is 5.97 Å². The first-order valence-electron chi connectivity index (χ1n) is 7.04. The number of hydrogen-bond donors (Lipinski definition) is 0. The average molecular weight is 278 g/mol. The Morgan fingerprint density at radius 1 is 1.30 bits per heavy atom. The zero-order valence-corrected chi connectivity index (χ0v) is 12.4. The summed E-state index contributed by atoms with van der Waals surface area (Å²) in [6, 6.07) is 4.01. The molecule has 0 aromatic heterocycles. The third-order valence-electron chi connectivity index (χ3n) is 3.37. The second-order valence-corrected chi connectivity index (χ2v) is 5.35. The van der Waals surface area contributed by atoms with Crippen molar-refractivity contribution in [2.75, 3.05) is 19.8 Å². The number of rotatable bonds is 5. The van der Waals surface area contributed by atoms with Gasteiger partial charge < -0.3 is 14.2 Å². The van der Waals surface area contributed by atoms with E-state index in [0.717, 1.165) is 36.1 Å². The molecule has 20 heavy (non-hydrogen) atoms. The maximum atomic E-state index is 11.8. The van der Waals surface area contributed by atoms with Crippen LogP contribution in [0.1, 0.15) is 29.5 Å². The van der Waals surface area contributed by atoms with Gasteiger partial charge in [-0.2, -0.15) is 0 Å². The smallest absolute Gasteiger partial charge is 0.337 e. The molecule has 0 spiro atoms. The molecule has 1 aliphatic rings. The number of carbonyl (C=O) groups excluding carboxylic acids is 1. The molecule has 0 radical (unpaired) electrons. The van der Waals surface area contributed by atoms with E-state index in [-0.39, 0.29) is 18.7 Å². The van der Waals surface area contributed by atoms with Crippen LogP contribution in [0, 0.1) is 20.8 Å². The van der Waals surface area contributed by atoms with Crippen LogP contribution >= 0.6 is 0 Å². The Balaban J connectivity index is 1.82. The average Bonchev–Trinajstić information content (AvgIpc) is 2.87. The molecule has 1 aromatic carbocycles. The lowest BCUT2D eigenvalue weighted by molar-refractivity contribution is -0.140. The first-order chi connectivity index (χ1) is 9.56. The van der Waals surface area contributed by atoms with Gasteiger partial charge in [-0.05, 0) is 44.7 Å². The lowest BCUT2D eigenvalue weighted by Gasteiger charge is -2.13. The van der Waals surface area contributed by atoms with Gasteiger partial charge in [0, 0.05) is 6.61 Å². The summed E-state index contributed by atoms with van der Waals surface area (Å²) in [6.07, 6.45) is 2.21. The van der Waals surface area contributed by atoms with Gasteiger partial charge >= 0.3 is 5.97 Å². The highest BCUT2D eigenvalue weighted by Gasteiger charge is 2.17. The van der Waals surface area contributed by atoms with Crippen LogP contribution in [0.5, 0.6) is 5.75 Å². The molecule has 0 saturated carbocycles. The molecule has 0 N–H and O–H groups in total. The van der Waals surface area contributed by atoms with Gasteiger partial charge in [-0.3, -0.25) is 0 Å². The van der Waals surface area contributed by atoms with Crippen molar-refractivity contribution in [2.45, 2.75) is 39.7 Å². The second kappa shape index (κ2) is 6.86. The van der Waals surface area contributed by atoms with Gasteiger partial charge in [-0.15, -0.1) is 0 Å². The van der Waals surface area contributed by atoms with Crippen LogP contribution in [0.15, 0.2) is 12.1 Å². The number of benzene rings is 1. The normalized spacial score (nSPS) is 18.2. The lowest BCUT2D eigenvalue weighted by Crippen LogP contribution is -2.21. The Morgan fingerprint density at radius 3 is 2.60 bits per heavy atom. The third-order valence-corrected chi connectivity index (χ3v) is 3.37. The molecule has 110 valence electrons. The molecule has 1 saturated heterocycles. The number of ether oxygens (including phenoxy) is 3. The van der Waals surface area contributed by atoms with Crippen molar-refractivity contribution in [2.24, 2.45) is 0 Å². The van der Waals surface area contributed by atoms with Gasteiger partial charge in [0.2, 0.25) is 0 Å². The van der Waals surface area contributed by atoms with Crippen LogP contribution in [-0.4, -0.2) is 31.9 Å². The standard InChI is InChI=1S/C16H22O4/c1-11-7-12(2)16(13(3)8-11)20-15(17)10-18-9-14-5-4-6-19-14/h7-8,14H,4-6,9-10H2,1-3H3. The van der Waals surface area contributed by atoms with Crippen LogP contribution in [0.25, 0.3) is 0 Å². The van der Waals surface area contributed by atoms with Gasteiger partial charge in [0.1, 0.15) is 12.4 Å². The fourth-order valence-electron chi connectivity index (χ4n) is 2.52. The van der Waals surface area contributed by atoms with E-state index in [0.29, 0.717) is 12.4 Å². The van der Waals surface area contributed by atoms with Crippen molar-refractivity contribution < 1.29 is 19.0 Å². The van der Waals surface area contributed by atoms with E-state index in [1.54, 1.807) is 0 Å². The van der Waals surface area contributed by atoms with Gasteiger partial charge in [0.25, 0.3) is 0 Å². The molecule has 1 unspecified atom stereocenters. The Kier molecular flexibility index (Phi) is 5.15. The molecule has 1 fully saturated rings. The summed E-state index contributed by atoms with van der Waals surface area (Å²) in [4.78, 5) is 11.8. The predicted octanol–water partition coefficient (Wildman–Crippen LogP) is 2.71. The van der Waals surface area contributed by atoms with E-state index < -0.39 is 0 Å².